The molecule has 5 rings (SSSR count). The van der Waals surface area contributed by atoms with E-state index >= 15 is 0 Å². The van der Waals surface area contributed by atoms with Gasteiger partial charge in [0.05, 0.1) is 13.2 Å². The van der Waals surface area contributed by atoms with Crippen molar-refractivity contribution in [3.63, 3.8) is 0 Å². The molecule has 1 fully saturated rings. The molecule has 1 aliphatic heterocycles. The number of methoxy groups -OCH3 is 1. The molecule has 5 nitrogen and oxygen atoms in total. The van der Waals surface area contributed by atoms with Crippen molar-refractivity contribution in [2.75, 3.05) is 43.5 Å². The Morgan fingerprint density at radius 1 is 0.971 bits per heavy atom. The predicted molar refractivity (Wildman–Crippen MR) is 140 cm³/mol. The number of anilines is 2. The number of hydrogen-bond acceptors (Lipinski definition) is 5. The minimum absolute atomic E-state index is 0.00206. The van der Waals surface area contributed by atoms with Gasteiger partial charge in [0.15, 0.2) is 0 Å². The first kappa shape index (κ1) is 22.9. The minimum Gasteiger partial charge on any atom is -0.497 e. The lowest BCUT2D eigenvalue weighted by Gasteiger charge is -2.41. The van der Waals surface area contributed by atoms with E-state index in [1.54, 1.807) is 25.4 Å². The molecular formula is C28H33N3O2S. The van der Waals surface area contributed by atoms with E-state index in [1.165, 1.54) is 40.1 Å². The average Bonchev–Trinajstić information content (AvgIpc) is 3.22. The summed E-state index contributed by atoms with van der Waals surface area (Å²) in [6.07, 6.45) is 4.66. The van der Waals surface area contributed by atoms with Gasteiger partial charge in [-0.25, -0.2) is 0 Å². The summed E-state index contributed by atoms with van der Waals surface area (Å²) in [4.78, 5) is 18.7. The van der Waals surface area contributed by atoms with Gasteiger partial charge in [0, 0.05) is 49.2 Å². The number of aryl methyl sites for hydroxylation is 1. The predicted octanol–water partition coefficient (Wildman–Crippen LogP) is 5.51. The van der Waals surface area contributed by atoms with E-state index in [4.69, 9.17) is 4.74 Å². The first-order valence-corrected chi connectivity index (χ1v) is 13.1. The number of carbonyl (C=O) groups excluding carboxylic acids is 1. The van der Waals surface area contributed by atoms with Gasteiger partial charge in [0.2, 0.25) is 5.91 Å². The van der Waals surface area contributed by atoms with E-state index in [1.807, 2.05) is 0 Å². The van der Waals surface area contributed by atoms with Gasteiger partial charge in [0.25, 0.3) is 0 Å². The zero-order chi connectivity index (χ0) is 23.5. The molecule has 1 aromatic heterocycles. The van der Waals surface area contributed by atoms with Crippen molar-refractivity contribution in [2.45, 2.75) is 38.6 Å². The lowest BCUT2D eigenvalue weighted by Crippen LogP contribution is -2.48. The second kappa shape index (κ2) is 10.2. The summed E-state index contributed by atoms with van der Waals surface area (Å²) in [7, 11) is 1.71. The highest BCUT2D eigenvalue weighted by Crippen LogP contribution is 2.46. The molecule has 1 unspecified atom stereocenters. The Labute approximate surface area is 206 Å². The minimum atomic E-state index is 0.00206. The van der Waals surface area contributed by atoms with Gasteiger partial charge in [-0.05, 0) is 61.1 Å². The highest BCUT2D eigenvalue weighted by atomic mass is 32.1. The van der Waals surface area contributed by atoms with Gasteiger partial charge in [-0.1, -0.05) is 30.3 Å². The largest absolute Gasteiger partial charge is 0.497 e. The molecule has 0 bridgehead atoms. The maximum Gasteiger partial charge on any atom is 0.221 e. The Morgan fingerprint density at radius 3 is 2.35 bits per heavy atom. The number of nitrogens with one attached hydrogen (secondary N) is 1. The topological polar surface area (TPSA) is 44.8 Å². The van der Waals surface area contributed by atoms with Crippen molar-refractivity contribution in [1.29, 1.82) is 0 Å². The number of fused-ring (bicyclic) bond motifs is 1. The van der Waals surface area contributed by atoms with E-state index in [-0.39, 0.29) is 11.9 Å². The molecule has 1 atom stereocenters. The molecule has 0 spiro atoms. The summed E-state index contributed by atoms with van der Waals surface area (Å²) in [5, 5.41) is 4.23. The van der Waals surface area contributed by atoms with Gasteiger partial charge in [-0.3, -0.25) is 9.69 Å². The highest BCUT2D eigenvalue weighted by molar-refractivity contribution is 7.16. The first-order valence-electron chi connectivity index (χ1n) is 12.2. The summed E-state index contributed by atoms with van der Waals surface area (Å²) >= 11 is 1.79. The lowest BCUT2D eigenvalue weighted by atomic mass is 9.88. The SMILES string of the molecule is COc1ccc(C(c2c(NC(C)=O)sc3c2CCCC3)N2CCN(c3ccccc3)CC2)cc1. The number of carbonyl (C=O) groups is 1. The number of ether oxygens (including phenoxy) is 1. The van der Waals surface area contributed by atoms with Crippen LogP contribution in [-0.2, 0) is 17.6 Å². The van der Waals surface area contributed by atoms with E-state index in [9.17, 15) is 4.79 Å². The zero-order valence-corrected chi connectivity index (χ0v) is 20.9. The maximum atomic E-state index is 12.2. The lowest BCUT2D eigenvalue weighted by molar-refractivity contribution is -0.114. The van der Waals surface area contributed by atoms with E-state index in [0.717, 1.165) is 49.8 Å². The molecule has 2 aliphatic rings. The third kappa shape index (κ3) is 4.70. The van der Waals surface area contributed by atoms with Crippen LogP contribution in [0.1, 0.15) is 47.4 Å². The summed E-state index contributed by atoms with van der Waals surface area (Å²) in [6.45, 7) is 5.52. The van der Waals surface area contributed by atoms with Gasteiger partial charge in [-0.15, -0.1) is 11.3 Å². The molecule has 2 aromatic carbocycles. The monoisotopic (exact) mass is 475 g/mol. The van der Waals surface area contributed by atoms with Gasteiger partial charge < -0.3 is 15.0 Å². The third-order valence-electron chi connectivity index (χ3n) is 7.01. The number of nitrogens with zero attached hydrogens (tertiary/aromatic N) is 2. The summed E-state index contributed by atoms with van der Waals surface area (Å²) in [5.74, 6) is 0.869. The van der Waals surface area contributed by atoms with Crippen molar-refractivity contribution in [1.82, 2.24) is 4.90 Å². The molecule has 1 amide bonds. The number of hydrogen-bond donors (Lipinski definition) is 1. The molecule has 34 heavy (non-hydrogen) atoms. The number of amides is 1. The second-order valence-corrected chi connectivity index (χ2v) is 10.3. The molecule has 1 saturated heterocycles. The molecule has 178 valence electrons. The van der Waals surface area contributed by atoms with Crippen LogP contribution in [0.5, 0.6) is 5.75 Å². The van der Waals surface area contributed by atoms with E-state index in [2.05, 4.69) is 69.7 Å². The fraction of sp³-hybridized carbons (Fsp3) is 0.393. The Bertz CT molecular complexity index is 1120. The molecule has 0 saturated carbocycles. The standard InChI is InChI=1S/C28H33N3O2S/c1-20(32)29-28-26(24-10-6-7-11-25(24)34-28)27(21-12-14-23(33-2)15-13-21)31-18-16-30(17-19-31)22-8-4-3-5-9-22/h3-5,8-9,12-15,27H,6-7,10-11,16-19H2,1-2H3,(H,29,32). The molecule has 0 radical (unpaired) electrons. The summed E-state index contributed by atoms with van der Waals surface area (Å²) in [5.41, 5.74) is 5.32. The van der Waals surface area contributed by atoms with E-state index < -0.39 is 0 Å². The Morgan fingerprint density at radius 2 is 1.68 bits per heavy atom. The number of benzene rings is 2. The van der Waals surface area contributed by atoms with Gasteiger partial charge >= 0.3 is 0 Å². The molecular weight excluding hydrogens is 442 g/mol. The first-order chi connectivity index (χ1) is 16.6. The van der Waals surface area contributed by atoms with Crippen molar-refractivity contribution in [2.24, 2.45) is 0 Å². The quantitative estimate of drug-likeness (QED) is 0.511. The Balaban J connectivity index is 1.52. The Hall–Kier alpha value is -2.83. The second-order valence-electron chi connectivity index (χ2n) is 9.17. The van der Waals surface area contributed by atoms with Crippen LogP contribution in [-0.4, -0.2) is 44.1 Å². The van der Waals surface area contributed by atoms with Gasteiger partial charge in [0.1, 0.15) is 10.8 Å². The highest BCUT2D eigenvalue weighted by Gasteiger charge is 2.33. The zero-order valence-electron chi connectivity index (χ0n) is 20.0. The van der Waals surface area contributed by atoms with Crippen molar-refractivity contribution < 1.29 is 9.53 Å². The Kier molecular flexibility index (Phi) is 6.88. The molecule has 1 N–H and O–H groups in total. The molecule has 6 heteroatoms. The van der Waals surface area contributed by atoms with Crippen LogP contribution in [0.3, 0.4) is 0 Å². The van der Waals surface area contributed by atoms with Crippen LogP contribution in [0.25, 0.3) is 0 Å². The van der Waals surface area contributed by atoms with Crippen LogP contribution in [0.4, 0.5) is 10.7 Å². The maximum absolute atomic E-state index is 12.2. The smallest absolute Gasteiger partial charge is 0.221 e. The average molecular weight is 476 g/mol. The molecule has 1 aliphatic carbocycles. The number of thiophene rings is 1. The van der Waals surface area contributed by atoms with Crippen molar-refractivity contribution >= 4 is 27.9 Å². The van der Waals surface area contributed by atoms with Crippen LogP contribution >= 0.6 is 11.3 Å². The van der Waals surface area contributed by atoms with Gasteiger partial charge in [-0.2, -0.15) is 0 Å². The summed E-state index contributed by atoms with van der Waals surface area (Å²) < 4.78 is 5.44. The summed E-state index contributed by atoms with van der Waals surface area (Å²) in [6, 6.07) is 19.3. The fourth-order valence-electron chi connectivity index (χ4n) is 5.36. The van der Waals surface area contributed by atoms with Crippen LogP contribution in [0, 0.1) is 0 Å². The molecule has 3 aromatic rings. The van der Waals surface area contributed by atoms with Crippen LogP contribution in [0.15, 0.2) is 54.6 Å². The molecule has 2 heterocycles. The third-order valence-corrected chi connectivity index (χ3v) is 8.23. The number of piperazine rings is 1. The van der Waals surface area contributed by atoms with E-state index in [0.29, 0.717) is 0 Å². The number of rotatable bonds is 6. The van der Waals surface area contributed by atoms with Crippen molar-refractivity contribution in [3.8, 4) is 5.75 Å². The normalized spacial score (nSPS) is 17.2. The fourth-order valence-corrected chi connectivity index (χ4v) is 6.72. The van der Waals surface area contributed by atoms with Crippen LogP contribution in [0.2, 0.25) is 0 Å². The number of para-hydroxylation sites is 1. The van der Waals surface area contributed by atoms with Crippen molar-refractivity contribution in [3.05, 3.63) is 76.2 Å². The van der Waals surface area contributed by atoms with Crippen LogP contribution < -0.4 is 15.0 Å².